The Hall–Kier alpha value is -3.26. The van der Waals surface area contributed by atoms with E-state index < -0.39 is 10.0 Å². The number of rotatable bonds is 4. The molecule has 8 heteroatoms. The molecule has 0 radical (unpaired) electrons. The molecular weight excluding hydrogens is 338 g/mol. The molecule has 0 aliphatic carbocycles. The first-order chi connectivity index (χ1) is 12.1. The second-order valence-electron chi connectivity index (χ2n) is 5.42. The summed E-state index contributed by atoms with van der Waals surface area (Å²) in [5, 5.41) is 12.9. The fourth-order valence-electron chi connectivity index (χ4n) is 2.54. The molecule has 7 nitrogen and oxygen atoms in total. The number of nitrogens with zero attached hydrogens (tertiary/aromatic N) is 4. The maximum absolute atomic E-state index is 12.7. The molecule has 0 unspecified atom stereocenters. The van der Waals surface area contributed by atoms with Crippen molar-refractivity contribution in [3.63, 3.8) is 0 Å². The third-order valence-electron chi connectivity index (χ3n) is 3.74. The standard InChI is InChI=1S/C17H13N5O2S/c23-25(24,17-7-3-6-16(11-17)22-12-18-20-21-22)19-15-9-8-13-4-1-2-5-14(13)10-15/h1-12,19H. The SMILES string of the molecule is O=S(=O)(Nc1ccc2ccccc2c1)c1cccc(-n2cnnn2)c1. The van der Waals surface area contributed by atoms with Gasteiger partial charge in [-0.3, -0.25) is 4.72 Å². The van der Waals surface area contributed by atoms with E-state index in [1.54, 1.807) is 24.3 Å². The summed E-state index contributed by atoms with van der Waals surface area (Å²) in [5.41, 5.74) is 1.07. The number of tetrazole rings is 1. The zero-order chi connectivity index (χ0) is 17.3. The van der Waals surface area contributed by atoms with Gasteiger partial charge in [-0.25, -0.2) is 13.1 Å². The third kappa shape index (κ3) is 3.07. The Morgan fingerprint density at radius 3 is 2.52 bits per heavy atom. The third-order valence-corrected chi connectivity index (χ3v) is 5.12. The smallest absolute Gasteiger partial charge is 0.261 e. The molecule has 0 aliphatic rings. The van der Waals surface area contributed by atoms with Crippen LogP contribution in [0.1, 0.15) is 0 Å². The number of sulfonamides is 1. The Kier molecular flexibility index (Phi) is 3.66. The largest absolute Gasteiger partial charge is 0.280 e. The van der Waals surface area contributed by atoms with Crippen molar-refractivity contribution in [3.05, 3.63) is 73.1 Å². The van der Waals surface area contributed by atoms with Gasteiger partial charge in [-0.05, 0) is 51.5 Å². The predicted octanol–water partition coefficient (Wildman–Crippen LogP) is 2.62. The molecule has 0 amide bonds. The first-order valence-corrected chi connectivity index (χ1v) is 8.95. The fraction of sp³-hybridized carbons (Fsp3) is 0. The predicted molar refractivity (Wildman–Crippen MR) is 93.9 cm³/mol. The Balaban J connectivity index is 1.68. The molecule has 0 bridgehead atoms. The van der Waals surface area contributed by atoms with Crippen molar-refractivity contribution in [2.75, 3.05) is 4.72 Å². The van der Waals surface area contributed by atoms with Crippen LogP contribution in [0.2, 0.25) is 0 Å². The molecule has 1 heterocycles. The Morgan fingerprint density at radius 2 is 1.72 bits per heavy atom. The second-order valence-corrected chi connectivity index (χ2v) is 7.10. The molecular formula is C17H13N5O2S. The van der Waals surface area contributed by atoms with Crippen molar-refractivity contribution in [2.45, 2.75) is 4.90 Å². The maximum atomic E-state index is 12.7. The zero-order valence-corrected chi connectivity index (χ0v) is 13.8. The number of hydrogen-bond acceptors (Lipinski definition) is 5. The van der Waals surface area contributed by atoms with Gasteiger partial charge < -0.3 is 0 Å². The number of hydrogen-bond donors (Lipinski definition) is 1. The molecule has 124 valence electrons. The first-order valence-electron chi connectivity index (χ1n) is 7.47. The summed E-state index contributed by atoms with van der Waals surface area (Å²) in [5.74, 6) is 0. The Morgan fingerprint density at radius 1 is 0.880 bits per heavy atom. The average Bonchev–Trinajstić information content (AvgIpc) is 3.16. The summed E-state index contributed by atoms with van der Waals surface area (Å²) in [4.78, 5) is 0.133. The van der Waals surface area contributed by atoms with Gasteiger partial charge in [-0.2, -0.15) is 0 Å². The van der Waals surface area contributed by atoms with Crippen molar-refractivity contribution in [1.29, 1.82) is 0 Å². The summed E-state index contributed by atoms with van der Waals surface area (Å²) in [7, 11) is -3.73. The molecule has 3 aromatic carbocycles. The van der Waals surface area contributed by atoms with Crippen LogP contribution in [0.25, 0.3) is 16.5 Å². The van der Waals surface area contributed by atoms with E-state index in [2.05, 4.69) is 20.2 Å². The minimum atomic E-state index is -3.73. The maximum Gasteiger partial charge on any atom is 0.261 e. The topological polar surface area (TPSA) is 89.8 Å². The van der Waals surface area contributed by atoms with E-state index in [0.29, 0.717) is 11.4 Å². The van der Waals surface area contributed by atoms with Gasteiger partial charge in [-0.1, -0.05) is 36.4 Å². The van der Waals surface area contributed by atoms with Gasteiger partial charge in [0.15, 0.2) is 0 Å². The molecule has 0 saturated carbocycles. The molecule has 1 aromatic heterocycles. The highest BCUT2D eigenvalue weighted by Crippen LogP contribution is 2.22. The normalized spacial score (nSPS) is 11.5. The van der Waals surface area contributed by atoms with Gasteiger partial charge in [0.1, 0.15) is 6.33 Å². The number of nitrogens with one attached hydrogen (secondary N) is 1. The molecule has 4 rings (SSSR count). The molecule has 1 N–H and O–H groups in total. The van der Waals surface area contributed by atoms with E-state index in [1.807, 2.05) is 30.3 Å². The van der Waals surface area contributed by atoms with Crippen LogP contribution >= 0.6 is 0 Å². The van der Waals surface area contributed by atoms with Crippen molar-refractivity contribution in [2.24, 2.45) is 0 Å². The van der Waals surface area contributed by atoms with Crippen LogP contribution < -0.4 is 4.72 Å². The van der Waals surface area contributed by atoms with Crippen molar-refractivity contribution < 1.29 is 8.42 Å². The van der Waals surface area contributed by atoms with Crippen molar-refractivity contribution in [3.8, 4) is 5.69 Å². The zero-order valence-electron chi connectivity index (χ0n) is 12.9. The van der Waals surface area contributed by atoms with Gasteiger partial charge in [-0.15, -0.1) is 5.10 Å². The lowest BCUT2D eigenvalue weighted by Crippen LogP contribution is -2.13. The van der Waals surface area contributed by atoms with Crippen LogP contribution in [0.5, 0.6) is 0 Å². The molecule has 0 fully saturated rings. The number of anilines is 1. The molecule has 0 aliphatic heterocycles. The van der Waals surface area contributed by atoms with Crippen LogP contribution in [0.4, 0.5) is 5.69 Å². The van der Waals surface area contributed by atoms with Gasteiger partial charge in [0.2, 0.25) is 0 Å². The number of aromatic nitrogens is 4. The number of benzene rings is 3. The highest BCUT2D eigenvalue weighted by molar-refractivity contribution is 7.92. The highest BCUT2D eigenvalue weighted by atomic mass is 32.2. The first kappa shape index (κ1) is 15.3. The van der Waals surface area contributed by atoms with Gasteiger partial charge in [0.05, 0.1) is 10.6 Å². The molecule has 4 aromatic rings. The van der Waals surface area contributed by atoms with Gasteiger partial charge in [0, 0.05) is 5.69 Å². The minimum Gasteiger partial charge on any atom is -0.280 e. The quantitative estimate of drug-likeness (QED) is 0.610. The number of fused-ring (bicyclic) bond motifs is 1. The van der Waals surface area contributed by atoms with Crippen molar-refractivity contribution in [1.82, 2.24) is 20.2 Å². The lowest BCUT2D eigenvalue weighted by molar-refractivity contribution is 0.601. The van der Waals surface area contributed by atoms with E-state index in [0.717, 1.165) is 10.8 Å². The van der Waals surface area contributed by atoms with E-state index in [9.17, 15) is 8.42 Å². The molecule has 25 heavy (non-hydrogen) atoms. The molecule has 0 atom stereocenters. The van der Waals surface area contributed by atoms with Gasteiger partial charge >= 0.3 is 0 Å². The van der Waals surface area contributed by atoms with Crippen LogP contribution in [0.15, 0.2) is 78.0 Å². The van der Waals surface area contributed by atoms with E-state index >= 15 is 0 Å². The lowest BCUT2D eigenvalue weighted by Gasteiger charge is -2.10. The fourth-order valence-corrected chi connectivity index (χ4v) is 3.63. The van der Waals surface area contributed by atoms with Crippen LogP contribution in [0.3, 0.4) is 0 Å². The summed E-state index contributed by atoms with van der Waals surface area (Å²) in [6.45, 7) is 0. The van der Waals surface area contributed by atoms with E-state index in [4.69, 9.17) is 0 Å². The summed E-state index contributed by atoms with van der Waals surface area (Å²) in [6, 6.07) is 19.6. The van der Waals surface area contributed by atoms with E-state index in [1.165, 1.54) is 23.1 Å². The van der Waals surface area contributed by atoms with E-state index in [-0.39, 0.29) is 4.90 Å². The summed E-state index contributed by atoms with van der Waals surface area (Å²) < 4.78 is 29.4. The lowest BCUT2D eigenvalue weighted by atomic mass is 10.1. The van der Waals surface area contributed by atoms with Gasteiger partial charge in [0.25, 0.3) is 10.0 Å². The second kappa shape index (κ2) is 5.99. The van der Waals surface area contributed by atoms with Crippen LogP contribution in [-0.4, -0.2) is 28.6 Å². The minimum absolute atomic E-state index is 0.133. The Bertz CT molecular complexity index is 1140. The highest BCUT2D eigenvalue weighted by Gasteiger charge is 2.15. The average molecular weight is 351 g/mol. The Labute approximate surface area is 144 Å². The molecule has 0 saturated heterocycles. The summed E-state index contributed by atoms with van der Waals surface area (Å²) >= 11 is 0. The van der Waals surface area contributed by atoms with Crippen LogP contribution in [0, 0.1) is 0 Å². The van der Waals surface area contributed by atoms with Crippen molar-refractivity contribution >= 4 is 26.5 Å². The molecule has 0 spiro atoms. The summed E-state index contributed by atoms with van der Waals surface area (Å²) in [6.07, 6.45) is 1.41. The monoisotopic (exact) mass is 351 g/mol. The van der Waals surface area contributed by atoms with Crippen LogP contribution in [-0.2, 0) is 10.0 Å².